The van der Waals surface area contributed by atoms with Gasteiger partial charge in [0.05, 0.1) is 18.8 Å². The van der Waals surface area contributed by atoms with Gasteiger partial charge >= 0.3 is 0 Å². The fourth-order valence-corrected chi connectivity index (χ4v) is 4.35. The molecular weight excluding hydrogens is 290 g/mol. The highest BCUT2D eigenvalue weighted by Crippen LogP contribution is 2.47. The van der Waals surface area contributed by atoms with E-state index in [2.05, 4.69) is 22.0 Å². The van der Waals surface area contributed by atoms with Crippen molar-refractivity contribution in [3.63, 3.8) is 0 Å². The standard InChI is InChI=1S/C16H31N3O2.C2H6/c1-3-17-15-4-5-16(12-15,21-14-15)13-19-8-6-18(7-9-19)10-11-20-2;1-2/h17H,3-14H2,1-2H3;1-2H3. The first kappa shape index (κ1) is 19.1. The highest BCUT2D eigenvalue weighted by Gasteiger charge is 2.55. The number of ether oxygens (including phenoxy) is 2. The van der Waals surface area contributed by atoms with E-state index in [4.69, 9.17) is 9.47 Å². The molecule has 0 aromatic rings. The van der Waals surface area contributed by atoms with Crippen LogP contribution in [-0.2, 0) is 9.47 Å². The second-order valence-corrected chi connectivity index (χ2v) is 7.07. The van der Waals surface area contributed by atoms with Crippen LogP contribution in [0.5, 0.6) is 0 Å². The number of methoxy groups -OCH3 is 1. The molecule has 2 atom stereocenters. The summed E-state index contributed by atoms with van der Waals surface area (Å²) in [5, 5.41) is 3.68. The van der Waals surface area contributed by atoms with Crippen molar-refractivity contribution in [2.75, 3.05) is 66.1 Å². The van der Waals surface area contributed by atoms with E-state index in [1.54, 1.807) is 7.11 Å². The van der Waals surface area contributed by atoms with E-state index < -0.39 is 0 Å². The molecule has 2 saturated heterocycles. The third-order valence-corrected chi connectivity index (χ3v) is 5.51. The smallest absolute Gasteiger partial charge is 0.0828 e. The minimum absolute atomic E-state index is 0.136. The Labute approximate surface area is 142 Å². The zero-order valence-corrected chi connectivity index (χ0v) is 15.7. The molecule has 1 N–H and O–H groups in total. The normalized spacial score (nSPS) is 34.4. The molecule has 0 radical (unpaired) electrons. The summed E-state index contributed by atoms with van der Waals surface area (Å²) < 4.78 is 11.4. The van der Waals surface area contributed by atoms with Gasteiger partial charge in [0, 0.05) is 51.9 Å². The monoisotopic (exact) mass is 327 g/mol. The van der Waals surface area contributed by atoms with Crippen LogP contribution in [-0.4, -0.2) is 87.1 Å². The number of nitrogens with zero attached hydrogens (tertiary/aromatic N) is 2. The number of hydrogen-bond donors (Lipinski definition) is 1. The summed E-state index contributed by atoms with van der Waals surface area (Å²) in [6, 6.07) is 0. The van der Waals surface area contributed by atoms with Crippen LogP contribution >= 0.6 is 0 Å². The first-order chi connectivity index (χ1) is 11.2. The number of rotatable bonds is 7. The summed E-state index contributed by atoms with van der Waals surface area (Å²) >= 11 is 0. The molecular formula is C18H37N3O2. The number of nitrogens with one attached hydrogen (secondary N) is 1. The SMILES string of the molecule is CC.CCNC12CCC(CN3CCN(CCOC)CC3)(C1)OC2. The Bertz CT molecular complexity index is 335. The predicted octanol–water partition coefficient (Wildman–Crippen LogP) is 1.58. The Kier molecular flexibility index (Phi) is 7.29. The van der Waals surface area contributed by atoms with Gasteiger partial charge in [0.25, 0.3) is 0 Å². The van der Waals surface area contributed by atoms with Gasteiger partial charge in [0.2, 0.25) is 0 Å². The number of fused-ring (bicyclic) bond motifs is 2. The molecule has 0 amide bonds. The molecule has 3 rings (SSSR count). The van der Waals surface area contributed by atoms with E-state index in [1.807, 2.05) is 13.8 Å². The lowest BCUT2D eigenvalue weighted by Crippen LogP contribution is -2.52. The highest BCUT2D eigenvalue weighted by molar-refractivity contribution is 5.11. The van der Waals surface area contributed by atoms with Crippen molar-refractivity contribution in [3.8, 4) is 0 Å². The van der Waals surface area contributed by atoms with Crippen LogP contribution in [0.25, 0.3) is 0 Å². The Balaban J connectivity index is 0.000000924. The van der Waals surface area contributed by atoms with E-state index in [0.717, 1.165) is 45.9 Å². The fourth-order valence-electron chi connectivity index (χ4n) is 4.35. The topological polar surface area (TPSA) is 37.0 Å². The summed E-state index contributed by atoms with van der Waals surface area (Å²) in [6.45, 7) is 15.9. The molecule has 1 aliphatic carbocycles. The van der Waals surface area contributed by atoms with Gasteiger partial charge < -0.3 is 14.8 Å². The summed E-state index contributed by atoms with van der Waals surface area (Å²) in [4.78, 5) is 5.11. The molecule has 136 valence electrons. The van der Waals surface area contributed by atoms with E-state index in [-0.39, 0.29) is 11.1 Å². The van der Waals surface area contributed by atoms with Crippen molar-refractivity contribution in [1.29, 1.82) is 0 Å². The quantitative estimate of drug-likeness (QED) is 0.768. The predicted molar refractivity (Wildman–Crippen MR) is 95.0 cm³/mol. The van der Waals surface area contributed by atoms with Crippen molar-refractivity contribution < 1.29 is 9.47 Å². The largest absolute Gasteiger partial charge is 0.383 e. The maximum atomic E-state index is 6.25. The highest BCUT2D eigenvalue weighted by atomic mass is 16.5. The van der Waals surface area contributed by atoms with E-state index in [1.165, 1.54) is 32.4 Å². The maximum absolute atomic E-state index is 6.25. The van der Waals surface area contributed by atoms with Crippen LogP contribution in [0.1, 0.15) is 40.0 Å². The van der Waals surface area contributed by atoms with Gasteiger partial charge in [0.1, 0.15) is 0 Å². The zero-order valence-electron chi connectivity index (χ0n) is 15.7. The maximum Gasteiger partial charge on any atom is 0.0828 e. The lowest BCUT2D eigenvalue weighted by Gasteiger charge is -2.39. The summed E-state index contributed by atoms with van der Waals surface area (Å²) in [7, 11) is 1.78. The van der Waals surface area contributed by atoms with Crippen LogP contribution in [0, 0.1) is 0 Å². The second kappa shape index (κ2) is 8.77. The van der Waals surface area contributed by atoms with Crippen LogP contribution in [0.2, 0.25) is 0 Å². The van der Waals surface area contributed by atoms with Gasteiger partial charge in [0.15, 0.2) is 0 Å². The first-order valence-electron chi connectivity index (χ1n) is 9.52. The zero-order chi connectivity index (χ0) is 16.8. The van der Waals surface area contributed by atoms with Crippen molar-refractivity contribution in [2.45, 2.75) is 51.2 Å². The van der Waals surface area contributed by atoms with E-state index in [9.17, 15) is 0 Å². The van der Waals surface area contributed by atoms with Crippen molar-refractivity contribution in [3.05, 3.63) is 0 Å². The summed E-state index contributed by atoms with van der Waals surface area (Å²) in [6.07, 6.45) is 3.72. The van der Waals surface area contributed by atoms with Gasteiger partial charge in [-0.1, -0.05) is 20.8 Å². The number of piperazine rings is 1. The molecule has 2 heterocycles. The van der Waals surface area contributed by atoms with Gasteiger partial charge in [-0.25, -0.2) is 0 Å². The number of likely N-dealkylation sites (N-methyl/N-ethyl adjacent to an activating group) is 1. The summed E-state index contributed by atoms with van der Waals surface area (Å²) in [5.41, 5.74) is 0.423. The Morgan fingerprint density at radius 2 is 1.78 bits per heavy atom. The lowest BCUT2D eigenvalue weighted by molar-refractivity contribution is -0.0506. The average molecular weight is 328 g/mol. The van der Waals surface area contributed by atoms with Crippen LogP contribution in [0.15, 0.2) is 0 Å². The third kappa shape index (κ3) is 4.67. The van der Waals surface area contributed by atoms with Crippen LogP contribution in [0.4, 0.5) is 0 Å². The minimum atomic E-state index is 0.136. The fraction of sp³-hybridized carbons (Fsp3) is 1.00. The van der Waals surface area contributed by atoms with E-state index in [0.29, 0.717) is 0 Å². The number of hydrogen-bond acceptors (Lipinski definition) is 5. The molecule has 2 aliphatic heterocycles. The molecule has 1 saturated carbocycles. The average Bonchev–Trinajstić information content (AvgIpc) is 3.12. The minimum Gasteiger partial charge on any atom is -0.383 e. The lowest BCUT2D eigenvalue weighted by atomic mass is 9.98. The molecule has 3 fully saturated rings. The molecule has 0 aromatic carbocycles. The molecule has 5 nitrogen and oxygen atoms in total. The van der Waals surface area contributed by atoms with Crippen molar-refractivity contribution in [2.24, 2.45) is 0 Å². The van der Waals surface area contributed by atoms with Gasteiger partial charge in [-0.2, -0.15) is 0 Å². The van der Waals surface area contributed by atoms with E-state index >= 15 is 0 Å². The van der Waals surface area contributed by atoms with Crippen molar-refractivity contribution in [1.82, 2.24) is 15.1 Å². The van der Waals surface area contributed by atoms with Gasteiger partial charge in [-0.3, -0.25) is 9.80 Å². The van der Waals surface area contributed by atoms with Gasteiger partial charge in [-0.15, -0.1) is 0 Å². The Hall–Kier alpha value is -0.200. The second-order valence-electron chi connectivity index (χ2n) is 7.07. The Morgan fingerprint density at radius 1 is 1.09 bits per heavy atom. The molecule has 2 unspecified atom stereocenters. The first-order valence-corrected chi connectivity index (χ1v) is 9.52. The van der Waals surface area contributed by atoms with Crippen LogP contribution < -0.4 is 5.32 Å². The molecule has 2 bridgehead atoms. The summed E-state index contributed by atoms with van der Waals surface area (Å²) in [5.74, 6) is 0. The van der Waals surface area contributed by atoms with Crippen molar-refractivity contribution >= 4 is 0 Å². The third-order valence-electron chi connectivity index (χ3n) is 5.51. The molecule has 0 spiro atoms. The molecule has 5 heteroatoms. The molecule has 0 aromatic heterocycles. The molecule has 23 heavy (non-hydrogen) atoms. The van der Waals surface area contributed by atoms with Gasteiger partial charge in [-0.05, 0) is 25.8 Å². The van der Waals surface area contributed by atoms with Crippen LogP contribution in [0.3, 0.4) is 0 Å². The Morgan fingerprint density at radius 3 is 2.35 bits per heavy atom. The molecule has 3 aliphatic rings.